The molecule has 21 nitrogen and oxygen atoms in total. The highest BCUT2D eigenvalue weighted by atomic mass is 32.2. The Morgan fingerprint density at radius 2 is 1.65 bits per heavy atom. The van der Waals surface area contributed by atoms with Crippen molar-refractivity contribution >= 4 is 68.8 Å². The first kappa shape index (κ1) is 53.8. The predicted molar refractivity (Wildman–Crippen MR) is 265 cm³/mol. The number of anilines is 1. The minimum Gasteiger partial charge on any atom is -0.382 e. The molecule has 0 radical (unpaired) electrons. The van der Waals surface area contributed by atoms with Gasteiger partial charge in [-0.15, -0.1) is 11.8 Å². The molecule has 7 N–H and O–H groups in total. The number of piperidine rings is 2. The largest absolute Gasteiger partial charge is 0.382 e. The zero-order chi connectivity index (χ0) is 51.0. The number of hydrogen-bond donors (Lipinski definition) is 7. The number of rotatable bonds is 22. The van der Waals surface area contributed by atoms with Gasteiger partial charge in [0.25, 0.3) is 11.8 Å². The number of sulfonamides is 1. The van der Waals surface area contributed by atoms with E-state index in [1.54, 1.807) is 43.8 Å². The zero-order valence-electron chi connectivity index (χ0n) is 41.0. The summed E-state index contributed by atoms with van der Waals surface area (Å²) in [5.41, 5.74) is 2.82. The molecule has 5 aliphatic rings. The second kappa shape index (κ2) is 24.1. The van der Waals surface area contributed by atoms with Crippen LogP contribution in [-0.2, 0) is 43.5 Å². The highest BCUT2D eigenvalue weighted by molar-refractivity contribution is 8.00. The molecule has 8 atom stereocenters. The van der Waals surface area contributed by atoms with Crippen molar-refractivity contribution < 1.29 is 51.5 Å². The van der Waals surface area contributed by atoms with E-state index in [4.69, 9.17) is 9.47 Å². The molecule has 8 unspecified atom stereocenters. The second-order valence-electron chi connectivity index (χ2n) is 19.0. The molecule has 4 fully saturated rings. The van der Waals surface area contributed by atoms with E-state index < -0.39 is 50.9 Å². The van der Waals surface area contributed by atoms with Crippen molar-refractivity contribution in [3.05, 3.63) is 64.7 Å². The molecule has 23 heteroatoms. The number of ether oxygens (including phenoxy) is 2. The quantitative estimate of drug-likeness (QED) is 0.0631. The SMILES string of the molecule is CC1C(C(=O)NCC(=O)NC2NC(c3cccc(C4CCNC(N(C)CC(=O)NCCOCCOCCNc5cccc6c5C(=O)N(C5CCC(=O)NC5=O)C6=O)C4)c3)CS2)CN(S(=O)(=O)C(C)C)C1C. The molecule has 388 valence electrons. The Labute approximate surface area is 419 Å². The lowest BCUT2D eigenvalue weighted by Crippen LogP contribution is -2.54. The van der Waals surface area contributed by atoms with Crippen LogP contribution in [0.5, 0.6) is 0 Å². The lowest BCUT2D eigenvalue weighted by Gasteiger charge is -2.36. The first-order valence-corrected chi connectivity index (χ1v) is 27.0. The maximum absolute atomic E-state index is 13.3. The van der Waals surface area contributed by atoms with Crippen molar-refractivity contribution in [1.82, 2.24) is 46.0 Å². The molecule has 7 amide bonds. The van der Waals surface area contributed by atoms with Crippen LogP contribution in [0.4, 0.5) is 5.69 Å². The summed E-state index contributed by atoms with van der Waals surface area (Å²) in [6.45, 7) is 9.74. The van der Waals surface area contributed by atoms with Crippen molar-refractivity contribution in [2.45, 2.75) is 94.3 Å². The van der Waals surface area contributed by atoms with Gasteiger partial charge in [-0.2, -0.15) is 4.31 Å². The number of likely N-dealkylation sites (N-methyl/N-ethyl adjacent to an activating group) is 1. The molecule has 0 spiro atoms. The van der Waals surface area contributed by atoms with Gasteiger partial charge >= 0.3 is 0 Å². The van der Waals surface area contributed by atoms with Gasteiger partial charge in [0.2, 0.25) is 39.6 Å². The van der Waals surface area contributed by atoms with E-state index in [1.165, 1.54) is 9.87 Å². The number of hydrogen-bond acceptors (Lipinski definition) is 16. The number of fused-ring (bicyclic) bond motifs is 1. The highest BCUT2D eigenvalue weighted by Crippen LogP contribution is 2.36. The molecule has 0 aliphatic carbocycles. The van der Waals surface area contributed by atoms with Crippen LogP contribution in [0.15, 0.2) is 42.5 Å². The number of nitrogens with one attached hydrogen (secondary N) is 7. The maximum atomic E-state index is 13.3. The molecule has 71 heavy (non-hydrogen) atoms. The van der Waals surface area contributed by atoms with E-state index in [-0.39, 0.29) is 96.9 Å². The molecule has 2 aromatic carbocycles. The van der Waals surface area contributed by atoms with Crippen LogP contribution >= 0.6 is 11.8 Å². The number of carbonyl (C=O) groups excluding carboxylic acids is 7. The number of thioether (sulfide) groups is 1. The first-order chi connectivity index (χ1) is 33.9. The Morgan fingerprint density at radius 3 is 2.39 bits per heavy atom. The monoisotopic (exact) mass is 1020 g/mol. The number of imide groups is 2. The van der Waals surface area contributed by atoms with Gasteiger partial charge in [-0.25, -0.2) is 8.42 Å². The second-order valence-corrected chi connectivity index (χ2v) is 22.6. The summed E-state index contributed by atoms with van der Waals surface area (Å²) in [4.78, 5) is 92.2. The third-order valence-electron chi connectivity index (χ3n) is 14.0. The number of amides is 7. The Morgan fingerprint density at radius 1 is 0.915 bits per heavy atom. The molecule has 0 aromatic heterocycles. The van der Waals surface area contributed by atoms with Crippen molar-refractivity contribution in [3.63, 3.8) is 0 Å². The molecular weight excluding hydrogens is 957 g/mol. The van der Waals surface area contributed by atoms with Crippen LogP contribution in [0, 0.1) is 11.8 Å². The van der Waals surface area contributed by atoms with Gasteiger partial charge in [-0.3, -0.25) is 54.0 Å². The topological polar surface area (TPSA) is 266 Å². The summed E-state index contributed by atoms with van der Waals surface area (Å²) in [7, 11) is -1.58. The highest BCUT2D eigenvalue weighted by Gasteiger charge is 2.47. The standard InChI is InChI=1S/C48H68N10O11S2/c1-28(2)71(66,67)57-25-35(29(3)30(57)4)44(62)52-24-41(60)55-48-53-37(27-70-48)33-9-6-8-31(22-33)32-14-15-50-39(23-32)56(5)26-42(61)51-17-19-69-21-20-68-18-16-49-36-11-7-10-34-43(36)47(65)58(46(34)64)38-12-13-40(59)54-45(38)63/h6-11,22,28-30,32,35,37-39,48-50,53H,12-21,23-27H2,1-5H3,(H,51,61)(H,52,62)(H,55,60)(H,54,59,63). The van der Waals surface area contributed by atoms with Crippen molar-refractivity contribution in [3.8, 4) is 0 Å². The first-order valence-electron chi connectivity index (χ1n) is 24.4. The van der Waals surface area contributed by atoms with Gasteiger partial charge in [-0.1, -0.05) is 37.3 Å². The smallest absolute Gasteiger partial charge is 0.264 e. The molecule has 7 rings (SSSR count). The number of benzene rings is 2. The number of carbonyl (C=O) groups is 7. The Bertz CT molecular complexity index is 2430. The molecule has 4 saturated heterocycles. The molecular formula is C48H68N10O11S2. The van der Waals surface area contributed by atoms with E-state index in [1.807, 2.05) is 25.8 Å². The van der Waals surface area contributed by atoms with Crippen LogP contribution in [0.2, 0.25) is 0 Å². The van der Waals surface area contributed by atoms with Crippen LogP contribution in [0.3, 0.4) is 0 Å². The van der Waals surface area contributed by atoms with Crippen molar-refractivity contribution in [2.75, 3.05) is 83.8 Å². The fraction of sp³-hybridized carbons (Fsp3) is 0.604. The van der Waals surface area contributed by atoms with Crippen molar-refractivity contribution in [1.29, 1.82) is 0 Å². The maximum Gasteiger partial charge on any atom is 0.264 e. The molecule has 0 bridgehead atoms. The third kappa shape index (κ3) is 13.0. The summed E-state index contributed by atoms with van der Waals surface area (Å²) in [5.74, 6) is -2.74. The van der Waals surface area contributed by atoms with E-state index in [0.29, 0.717) is 45.2 Å². The van der Waals surface area contributed by atoms with Gasteiger partial charge in [0.1, 0.15) is 11.5 Å². The van der Waals surface area contributed by atoms with Crippen LogP contribution in [0.1, 0.15) is 97.2 Å². The van der Waals surface area contributed by atoms with Crippen LogP contribution in [-0.4, -0.2) is 171 Å². The zero-order valence-corrected chi connectivity index (χ0v) is 42.6. The fourth-order valence-corrected chi connectivity index (χ4v) is 12.5. The van der Waals surface area contributed by atoms with Crippen LogP contribution in [0.25, 0.3) is 0 Å². The van der Waals surface area contributed by atoms with Gasteiger partial charge in [-0.05, 0) is 88.7 Å². The fourth-order valence-electron chi connectivity index (χ4n) is 9.76. The minimum absolute atomic E-state index is 0.00287. The third-order valence-corrected chi connectivity index (χ3v) is 17.5. The van der Waals surface area contributed by atoms with Crippen molar-refractivity contribution in [2.24, 2.45) is 11.8 Å². The Balaban J connectivity index is 0.750. The van der Waals surface area contributed by atoms with E-state index in [0.717, 1.165) is 35.6 Å². The molecule has 5 aliphatic heterocycles. The molecule has 5 heterocycles. The van der Waals surface area contributed by atoms with E-state index in [2.05, 4.69) is 61.5 Å². The summed E-state index contributed by atoms with van der Waals surface area (Å²) in [6, 6.07) is 12.0. The van der Waals surface area contributed by atoms with Gasteiger partial charge in [0.15, 0.2) is 0 Å². The molecule has 2 aromatic rings. The van der Waals surface area contributed by atoms with Gasteiger partial charge in [0.05, 0.1) is 68.0 Å². The van der Waals surface area contributed by atoms with Gasteiger partial charge < -0.3 is 36.1 Å². The average molecular weight is 1030 g/mol. The summed E-state index contributed by atoms with van der Waals surface area (Å²) in [6.07, 6.45) is 1.89. The van der Waals surface area contributed by atoms with Gasteiger partial charge in [0, 0.05) is 49.6 Å². The predicted octanol–water partition coefficient (Wildman–Crippen LogP) is 0.662. The lowest BCUT2D eigenvalue weighted by atomic mass is 9.87. The average Bonchev–Trinajstić information content (AvgIpc) is 4.02. The lowest BCUT2D eigenvalue weighted by molar-refractivity contribution is -0.136. The Hall–Kier alpha value is -5.01. The minimum atomic E-state index is -3.52. The molecule has 0 saturated carbocycles. The van der Waals surface area contributed by atoms with E-state index in [9.17, 15) is 42.0 Å². The van der Waals surface area contributed by atoms with E-state index >= 15 is 0 Å². The van der Waals surface area contributed by atoms with Crippen LogP contribution < -0.4 is 37.2 Å². The Kier molecular flexibility index (Phi) is 18.3. The summed E-state index contributed by atoms with van der Waals surface area (Å²) < 4.78 is 38.4. The normalized spacial score (nSPS) is 25.9. The summed E-state index contributed by atoms with van der Waals surface area (Å²) in [5, 5.41) is 20.4. The summed E-state index contributed by atoms with van der Waals surface area (Å²) >= 11 is 1.58. The number of nitrogens with zero attached hydrogens (tertiary/aromatic N) is 3.